The fraction of sp³-hybridized carbons (Fsp3) is 0.409. The van der Waals surface area contributed by atoms with Gasteiger partial charge in [0.2, 0.25) is 5.91 Å². The van der Waals surface area contributed by atoms with Gasteiger partial charge in [0, 0.05) is 11.4 Å². The van der Waals surface area contributed by atoms with Crippen LogP contribution in [0.3, 0.4) is 0 Å². The lowest BCUT2D eigenvalue weighted by Crippen LogP contribution is -2.31. The van der Waals surface area contributed by atoms with Crippen molar-refractivity contribution in [2.45, 2.75) is 56.8 Å². The molecular weight excluding hydrogens is 342 g/mol. The summed E-state index contributed by atoms with van der Waals surface area (Å²) in [6, 6.07) is 16.5. The minimum atomic E-state index is -0.0924. The van der Waals surface area contributed by atoms with Gasteiger partial charge in [0.15, 0.2) is 0 Å². The zero-order valence-electron chi connectivity index (χ0n) is 16.1. The largest absolute Gasteiger partial charge is 0.491 e. The van der Waals surface area contributed by atoms with Gasteiger partial charge in [-0.15, -0.1) is 11.8 Å². The van der Waals surface area contributed by atoms with Crippen LogP contribution in [0.1, 0.15) is 38.3 Å². The fourth-order valence-corrected chi connectivity index (χ4v) is 3.42. The van der Waals surface area contributed by atoms with Gasteiger partial charge in [0.05, 0.1) is 11.4 Å². The topological polar surface area (TPSA) is 38.3 Å². The molecule has 0 saturated carbocycles. The normalized spacial score (nSPS) is 12.0. The molecule has 26 heavy (non-hydrogen) atoms. The molecule has 0 spiro atoms. The van der Waals surface area contributed by atoms with Crippen molar-refractivity contribution in [1.29, 1.82) is 0 Å². The third-order valence-electron chi connectivity index (χ3n) is 3.94. The summed E-state index contributed by atoms with van der Waals surface area (Å²) in [6.07, 6.45) is 2.07. The van der Waals surface area contributed by atoms with Gasteiger partial charge >= 0.3 is 0 Å². The minimum Gasteiger partial charge on any atom is -0.491 e. The molecule has 3 nitrogen and oxygen atoms in total. The van der Waals surface area contributed by atoms with Crippen LogP contribution in [-0.2, 0) is 11.2 Å². The van der Waals surface area contributed by atoms with Crippen molar-refractivity contribution in [3.05, 3.63) is 59.7 Å². The first-order chi connectivity index (χ1) is 12.4. The van der Waals surface area contributed by atoms with Crippen molar-refractivity contribution in [3.63, 3.8) is 0 Å². The lowest BCUT2D eigenvalue weighted by molar-refractivity contribution is -0.120. The molecule has 1 amide bonds. The summed E-state index contributed by atoms with van der Waals surface area (Å²) < 4.78 is 5.65. The van der Waals surface area contributed by atoms with E-state index in [0.29, 0.717) is 6.54 Å². The molecule has 1 N–H and O–H groups in total. The Morgan fingerprint density at radius 3 is 2.31 bits per heavy atom. The second-order valence-electron chi connectivity index (χ2n) is 6.78. The fourth-order valence-electron chi connectivity index (χ4n) is 2.53. The third kappa shape index (κ3) is 7.12. The first-order valence-electron chi connectivity index (χ1n) is 9.20. The zero-order chi connectivity index (χ0) is 18.9. The molecule has 0 fully saturated rings. The van der Waals surface area contributed by atoms with E-state index in [-0.39, 0.29) is 17.3 Å². The van der Waals surface area contributed by atoms with E-state index < -0.39 is 0 Å². The summed E-state index contributed by atoms with van der Waals surface area (Å²) >= 11 is 1.60. The molecule has 0 aliphatic carbocycles. The number of ether oxygens (including phenoxy) is 1. The average Bonchev–Trinajstić information content (AvgIpc) is 2.61. The SMILES string of the molecule is Cc1ccc(SC(C)C(=O)NCCCc2ccc(OC(C)C)cc2)cc1. The maximum atomic E-state index is 12.2. The van der Waals surface area contributed by atoms with E-state index in [2.05, 4.69) is 48.6 Å². The van der Waals surface area contributed by atoms with Crippen LogP contribution >= 0.6 is 11.8 Å². The highest BCUT2D eigenvalue weighted by atomic mass is 32.2. The maximum absolute atomic E-state index is 12.2. The number of rotatable bonds is 9. The molecule has 140 valence electrons. The monoisotopic (exact) mass is 371 g/mol. The van der Waals surface area contributed by atoms with Crippen LogP contribution in [0.2, 0.25) is 0 Å². The van der Waals surface area contributed by atoms with E-state index >= 15 is 0 Å². The molecule has 0 radical (unpaired) electrons. The van der Waals surface area contributed by atoms with E-state index in [4.69, 9.17) is 4.74 Å². The summed E-state index contributed by atoms with van der Waals surface area (Å²) in [5.74, 6) is 0.996. The number of aryl methyl sites for hydroxylation is 2. The van der Waals surface area contributed by atoms with E-state index in [0.717, 1.165) is 23.5 Å². The molecule has 1 atom stereocenters. The first kappa shape index (κ1) is 20.4. The minimum absolute atomic E-state index is 0.0924. The van der Waals surface area contributed by atoms with Gasteiger partial charge in [-0.3, -0.25) is 4.79 Å². The Hall–Kier alpha value is -1.94. The molecular formula is C22H29NO2S. The van der Waals surface area contributed by atoms with Crippen molar-refractivity contribution in [2.75, 3.05) is 6.54 Å². The number of hydrogen-bond donors (Lipinski definition) is 1. The van der Waals surface area contributed by atoms with Crippen molar-refractivity contribution < 1.29 is 9.53 Å². The van der Waals surface area contributed by atoms with Crippen LogP contribution < -0.4 is 10.1 Å². The number of hydrogen-bond acceptors (Lipinski definition) is 3. The van der Waals surface area contributed by atoms with E-state index in [9.17, 15) is 4.79 Å². The van der Waals surface area contributed by atoms with Gasteiger partial charge in [0.25, 0.3) is 0 Å². The van der Waals surface area contributed by atoms with E-state index in [1.807, 2.05) is 32.9 Å². The number of nitrogens with one attached hydrogen (secondary N) is 1. The van der Waals surface area contributed by atoms with Crippen LogP contribution in [-0.4, -0.2) is 23.8 Å². The lowest BCUT2D eigenvalue weighted by atomic mass is 10.1. The predicted molar refractivity (Wildman–Crippen MR) is 110 cm³/mol. The molecule has 0 aliphatic rings. The summed E-state index contributed by atoms with van der Waals surface area (Å²) in [7, 11) is 0. The summed E-state index contributed by atoms with van der Waals surface area (Å²) in [5.41, 5.74) is 2.49. The number of thioether (sulfide) groups is 1. The average molecular weight is 372 g/mol. The Morgan fingerprint density at radius 2 is 1.69 bits per heavy atom. The van der Waals surface area contributed by atoms with Crippen LogP contribution in [0.15, 0.2) is 53.4 Å². The van der Waals surface area contributed by atoms with Crippen LogP contribution in [0.25, 0.3) is 0 Å². The molecule has 0 aromatic heterocycles. The van der Waals surface area contributed by atoms with Crippen LogP contribution in [0, 0.1) is 6.92 Å². The second-order valence-corrected chi connectivity index (χ2v) is 8.19. The molecule has 2 rings (SSSR count). The molecule has 0 heterocycles. The van der Waals surface area contributed by atoms with Gasteiger partial charge in [-0.05, 0) is 70.4 Å². The Balaban J connectivity index is 1.68. The van der Waals surface area contributed by atoms with E-state index in [1.165, 1.54) is 11.1 Å². The molecule has 0 saturated heterocycles. The van der Waals surface area contributed by atoms with Crippen molar-refractivity contribution in [1.82, 2.24) is 5.32 Å². The van der Waals surface area contributed by atoms with Gasteiger partial charge in [-0.1, -0.05) is 29.8 Å². The molecule has 2 aromatic rings. The molecule has 1 unspecified atom stereocenters. The van der Waals surface area contributed by atoms with Gasteiger partial charge < -0.3 is 10.1 Å². The number of carbonyl (C=O) groups is 1. The Morgan fingerprint density at radius 1 is 1.04 bits per heavy atom. The Bertz CT molecular complexity index is 680. The first-order valence-corrected chi connectivity index (χ1v) is 10.1. The molecule has 4 heteroatoms. The Labute approximate surface area is 161 Å². The number of amides is 1. The second kappa shape index (κ2) is 10.3. The number of benzene rings is 2. The van der Waals surface area contributed by atoms with Crippen molar-refractivity contribution >= 4 is 17.7 Å². The maximum Gasteiger partial charge on any atom is 0.233 e. The van der Waals surface area contributed by atoms with Gasteiger partial charge in [0.1, 0.15) is 5.75 Å². The summed E-state index contributed by atoms with van der Waals surface area (Å²) in [4.78, 5) is 13.4. The highest BCUT2D eigenvalue weighted by Gasteiger charge is 2.13. The lowest BCUT2D eigenvalue weighted by Gasteiger charge is -2.12. The summed E-state index contributed by atoms with van der Waals surface area (Å²) in [6.45, 7) is 8.76. The highest BCUT2D eigenvalue weighted by molar-refractivity contribution is 8.00. The molecule has 0 bridgehead atoms. The Kier molecular flexibility index (Phi) is 8.05. The van der Waals surface area contributed by atoms with Gasteiger partial charge in [-0.25, -0.2) is 0 Å². The van der Waals surface area contributed by atoms with Crippen molar-refractivity contribution in [3.8, 4) is 5.75 Å². The van der Waals surface area contributed by atoms with Gasteiger partial charge in [-0.2, -0.15) is 0 Å². The standard InChI is InChI=1S/C22H29NO2S/c1-16(2)25-20-11-9-19(10-12-20)6-5-15-23-22(24)18(4)26-21-13-7-17(3)8-14-21/h7-14,16,18H,5-6,15H2,1-4H3,(H,23,24). The van der Waals surface area contributed by atoms with Crippen LogP contribution in [0.4, 0.5) is 0 Å². The third-order valence-corrected chi connectivity index (χ3v) is 5.05. The van der Waals surface area contributed by atoms with Crippen molar-refractivity contribution in [2.24, 2.45) is 0 Å². The molecule has 2 aromatic carbocycles. The van der Waals surface area contributed by atoms with Crippen LogP contribution in [0.5, 0.6) is 5.75 Å². The summed E-state index contributed by atoms with van der Waals surface area (Å²) in [5, 5.41) is 2.94. The van der Waals surface area contributed by atoms with E-state index in [1.54, 1.807) is 11.8 Å². The zero-order valence-corrected chi connectivity index (χ0v) is 16.9. The molecule has 0 aliphatic heterocycles. The highest BCUT2D eigenvalue weighted by Crippen LogP contribution is 2.23. The number of carbonyl (C=O) groups excluding carboxylic acids is 1. The predicted octanol–water partition coefficient (Wildman–Crippen LogP) is 5.01. The quantitative estimate of drug-likeness (QED) is 0.497. The smallest absolute Gasteiger partial charge is 0.233 e.